The first-order chi connectivity index (χ1) is 11.0. The van der Waals surface area contributed by atoms with Crippen molar-refractivity contribution in [2.75, 3.05) is 0 Å². The Morgan fingerprint density at radius 2 is 2.13 bits per heavy atom. The number of nitro groups is 1. The summed E-state index contributed by atoms with van der Waals surface area (Å²) in [4.78, 5) is 14.3. The van der Waals surface area contributed by atoms with Gasteiger partial charge in [-0.3, -0.25) is 10.1 Å². The number of fused-ring (bicyclic) bond motifs is 2. The minimum Gasteiger partial charge on any atom is -0.396 e. The maximum atomic E-state index is 14.6. The third kappa shape index (κ3) is 1.79. The predicted octanol–water partition coefficient (Wildman–Crippen LogP) is 2.44. The Hall–Kier alpha value is -3.10. The predicted molar refractivity (Wildman–Crippen MR) is 80.2 cm³/mol. The quantitative estimate of drug-likeness (QED) is 0.486. The molecule has 0 unspecified atom stereocenters. The van der Waals surface area contributed by atoms with Crippen molar-refractivity contribution < 1.29 is 18.0 Å². The van der Waals surface area contributed by atoms with Crippen molar-refractivity contribution in [1.82, 2.24) is 9.46 Å². The number of pyridine rings is 1. The number of rotatable bonds is 2. The van der Waals surface area contributed by atoms with Gasteiger partial charge in [-0.25, -0.2) is 4.98 Å². The third-order valence-electron chi connectivity index (χ3n) is 3.95. The second kappa shape index (κ2) is 4.45. The molecule has 0 radical (unpaired) electrons. The highest BCUT2D eigenvalue weighted by molar-refractivity contribution is 6.57. The lowest BCUT2D eigenvalue weighted by atomic mass is 9.88. The molecular formula is C14H9BF2N4O2. The van der Waals surface area contributed by atoms with Gasteiger partial charge < -0.3 is 17.6 Å². The summed E-state index contributed by atoms with van der Waals surface area (Å²) in [5.74, 6) is 0. The van der Waals surface area contributed by atoms with Gasteiger partial charge in [0.2, 0.25) is 0 Å². The van der Waals surface area contributed by atoms with Crippen molar-refractivity contribution in [3.05, 3.63) is 76.0 Å². The second-order valence-electron chi connectivity index (χ2n) is 5.22. The van der Waals surface area contributed by atoms with Crippen molar-refractivity contribution in [2.45, 2.75) is 0 Å². The minimum atomic E-state index is -3.96. The first kappa shape index (κ1) is 13.6. The highest BCUT2D eigenvalue weighted by Crippen LogP contribution is 2.37. The maximum absolute atomic E-state index is 14.6. The zero-order valence-electron chi connectivity index (χ0n) is 11.6. The van der Waals surface area contributed by atoms with E-state index < -0.39 is 11.9 Å². The van der Waals surface area contributed by atoms with E-state index in [4.69, 9.17) is 0 Å². The van der Waals surface area contributed by atoms with E-state index in [1.807, 2.05) is 0 Å². The van der Waals surface area contributed by atoms with Crippen molar-refractivity contribution in [1.29, 1.82) is 0 Å². The molecule has 4 heterocycles. The standard InChI is InChI=1S/C14H9BF2N4O2/c16-15(17)19-7-1-3-12(19)14(13-4-2-8-20(13)15)11-6-5-10(9-18-11)21(22)23/h1-9H. The van der Waals surface area contributed by atoms with Crippen LogP contribution >= 0.6 is 0 Å². The van der Waals surface area contributed by atoms with Gasteiger partial charge in [-0.1, -0.05) is 0 Å². The molecule has 2 aliphatic heterocycles. The molecular weight excluding hydrogens is 305 g/mol. The van der Waals surface area contributed by atoms with E-state index in [1.165, 1.54) is 24.5 Å². The average Bonchev–Trinajstić information content (AvgIpc) is 3.18. The highest BCUT2D eigenvalue weighted by atomic mass is 19.2. The molecule has 0 fully saturated rings. The zero-order valence-corrected chi connectivity index (χ0v) is 11.6. The molecule has 2 aromatic rings. The fourth-order valence-corrected chi connectivity index (χ4v) is 2.92. The molecule has 9 heteroatoms. The summed E-state index contributed by atoms with van der Waals surface area (Å²) < 4.78 is 31.0. The fourth-order valence-electron chi connectivity index (χ4n) is 2.92. The van der Waals surface area contributed by atoms with E-state index in [0.717, 1.165) is 15.2 Å². The van der Waals surface area contributed by atoms with Crippen molar-refractivity contribution in [3.63, 3.8) is 0 Å². The van der Waals surface area contributed by atoms with E-state index in [2.05, 4.69) is 4.98 Å². The van der Waals surface area contributed by atoms with Crippen LogP contribution in [0.2, 0.25) is 0 Å². The lowest BCUT2D eigenvalue weighted by Crippen LogP contribution is -2.49. The normalized spacial score (nSPS) is 17.7. The van der Waals surface area contributed by atoms with Crippen LogP contribution in [-0.4, -0.2) is 32.1 Å². The Kier molecular flexibility index (Phi) is 2.62. The first-order valence-electron chi connectivity index (χ1n) is 6.85. The maximum Gasteiger partial charge on any atom is 0.737 e. The Morgan fingerprint density at radius 1 is 1.30 bits per heavy atom. The van der Waals surface area contributed by atoms with Gasteiger partial charge in [0.1, 0.15) is 12.4 Å². The van der Waals surface area contributed by atoms with E-state index in [1.54, 1.807) is 24.3 Å². The van der Waals surface area contributed by atoms with Crippen LogP contribution in [0.15, 0.2) is 54.5 Å². The topological polar surface area (TPSA) is 64.0 Å². The van der Waals surface area contributed by atoms with Gasteiger partial charge in [0.15, 0.2) is 5.70 Å². The summed E-state index contributed by atoms with van der Waals surface area (Å²) in [6, 6.07) is 5.92. The minimum absolute atomic E-state index is 0.148. The van der Waals surface area contributed by atoms with E-state index in [-0.39, 0.29) is 5.69 Å². The Morgan fingerprint density at radius 3 is 2.83 bits per heavy atom. The van der Waals surface area contributed by atoms with Crippen LogP contribution < -0.4 is 0 Å². The molecule has 0 spiro atoms. The van der Waals surface area contributed by atoms with Gasteiger partial charge in [0, 0.05) is 23.9 Å². The second-order valence-corrected chi connectivity index (χ2v) is 5.22. The average molecular weight is 314 g/mol. The van der Waals surface area contributed by atoms with Crippen LogP contribution in [-0.2, 0) is 0 Å². The van der Waals surface area contributed by atoms with Crippen molar-refractivity contribution in [3.8, 4) is 0 Å². The molecule has 0 bridgehead atoms. The summed E-state index contributed by atoms with van der Waals surface area (Å²) in [6.45, 7) is -3.96. The van der Waals surface area contributed by atoms with Crippen LogP contribution in [0.1, 0.15) is 11.4 Å². The fraction of sp³-hybridized carbons (Fsp3) is 0. The molecule has 0 saturated heterocycles. The highest BCUT2D eigenvalue weighted by Gasteiger charge is 2.51. The molecule has 0 saturated carbocycles. The van der Waals surface area contributed by atoms with Gasteiger partial charge in [-0.05, 0) is 24.4 Å². The number of nitrogens with zero attached hydrogens (tertiary/aromatic N) is 4. The smallest absolute Gasteiger partial charge is 0.396 e. The zero-order chi connectivity index (χ0) is 16.2. The van der Waals surface area contributed by atoms with Crippen LogP contribution in [0.25, 0.3) is 5.57 Å². The lowest BCUT2D eigenvalue weighted by Gasteiger charge is -2.30. The number of halogens is 2. The Labute approximate surface area is 128 Å². The third-order valence-corrected chi connectivity index (χ3v) is 3.95. The molecule has 0 amide bonds. The molecule has 2 aliphatic rings. The summed E-state index contributed by atoms with van der Waals surface area (Å²) >= 11 is 0. The molecule has 0 aromatic carbocycles. The van der Waals surface area contributed by atoms with Crippen LogP contribution in [0.5, 0.6) is 0 Å². The number of aromatic nitrogens is 2. The molecule has 0 aliphatic carbocycles. The molecule has 0 atom stereocenters. The summed E-state index contributed by atoms with van der Waals surface area (Å²) in [5, 5.41) is 10.7. The van der Waals surface area contributed by atoms with E-state index in [9.17, 15) is 18.7 Å². The van der Waals surface area contributed by atoms with Crippen LogP contribution in [0, 0.1) is 10.1 Å². The Bertz CT molecular complexity index is 929. The summed E-state index contributed by atoms with van der Waals surface area (Å²) in [5.41, 5.74) is 1.44. The summed E-state index contributed by atoms with van der Waals surface area (Å²) in [7, 11) is 0. The first-order valence-corrected chi connectivity index (χ1v) is 6.85. The molecule has 114 valence electrons. The SMILES string of the molecule is O=[N+]([O-])c1ccc(C2=C3C=CC=[N+]3[B-](F)(F)n3cccc32)nc1. The largest absolute Gasteiger partial charge is 0.737 e. The lowest BCUT2D eigenvalue weighted by molar-refractivity contribution is -0.385. The molecule has 6 nitrogen and oxygen atoms in total. The van der Waals surface area contributed by atoms with Gasteiger partial charge in [-0.15, -0.1) is 0 Å². The van der Waals surface area contributed by atoms with E-state index in [0.29, 0.717) is 22.7 Å². The number of allylic oxidation sites excluding steroid dienone is 2. The monoisotopic (exact) mass is 314 g/mol. The molecule has 0 N–H and O–H groups in total. The number of hydrogen-bond acceptors (Lipinski definition) is 3. The molecule has 4 rings (SSSR count). The number of hydrogen-bond donors (Lipinski definition) is 0. The summed E-state index contributed by atoms with van der Waals surface area (Å²) in [6.07, 6.45) is 6.90. The van der Waals surface area contributed by atoms with E-state index >= 15 is 0 Å². The van der Waals surface area contributed by atoms with Gasteiger partial charge >= 0.3 is 6.97 Å². The molecule has 23 heavy (non-hydrogen) atoms. The van der Waals surface area contributed by atoms with Crippen LogP contribution in [0.3, 0.4) is 0 Å². The van der Waals surface area contributed by atoms with Gasteiger partial charge in [0.05, 0.1) is 16.2 Å². The van der Waals surface area contributed by atoms with Crippen molar-refractivity contribution >= 4 is 24.4 Å². The van der Waals surface area contributed by atoms with Crippen LogP contribution in [0.4, 0.5) is 14.3 Å². The van der Waals surface area contributed by atoms with Crippen molar-refractivity contribution in [2.24, 2.45) is 0 Å². The Balaban J connectivity index is 1.96. The van der Waals surface area contributed by atoms with Gasteiger partial charge in [0.25, 0.3) is 5.69 Å². The molecule has 2 aromatic heterocycles. The van der Waals surface area contributed by atoms with Gasteiger partial charge in [-0.2, -0.15) is 0 Å².